The number of halogens is 3. The van der Waals surface area contributed by atoms with Crippen LogP contribution in [0.3, 0.4) is 0 Å². The Morgan fingerprint density at radius 3 is 2.58 bits per heavy atom. The summed E-state index contributed by atoms with van der Waals surface area (Å²) >= 11 is 8.90. The molecule has 0 aliphatic heterocycles. The Labute approximate surface area is 121 Å². The van der Waals surface area contributed by atoms with Crippen molar-refractivity contribution in [3.8, 4) is 0 Å². The molecule has 0 heterocycles. The van der Waals surface area contributed by atoms with E-state index in [0.29, 0.717) is 15.8 Å². The number of benzene rings is 2. The van der Waals surface area contributed by atoms with Gasteiger partial charge in [0.1, 0.15) is 5.82 Å². The van der Waals surface area contributed by atoms with E-state index < -0.39 is 10.7 Å². The monoisotopic (exact) mass is 344 g/mol. The van der Waals surface area contributed by atoms with Gasteiger partial charge in [-0.15, -0.1) is 0 Å². The standard InChI is InChI=1S/C12H7BrClFN2O2/c13-9-6-8(17(18)19)2-4-12(9)16-7-1-3-11(15)10(14)5-7/h1-6,16H. The van der Waals surface area contributed by atoms with Crippen LogP contribution >= 0.6 is 27.5 Å². The number of nitrogens with one attached hydrogen (secondary N) is 1. The van der Waals surface area contributed by atoms with Gasteiger partial charge in [-0.25, -0.2) is 4.39 Å². The van der Waals surface area contributed by atoms with Crippen molar-refractivity contribution in [2.45, 2.75) is 0 Å². The maximum atomic E-state index is 13.0. The van der Waals surface area contributed by atoms with E-state index in [1.54, 1.807) is 6.07 Å². The second-order valence-electron chi connectivity index (χ2n) is 3.68. The lowest BCUT2D eigenvalue weighted by atomic mass is 10.2. The van der Waals surface area contributed by atoms with Crippen LogP contribution in [0, 0.1) is 15.9 Å². The lowest BCUT2D eigenvalue weighted by Gasteiger charge is -2.09. The molecule has 0 aliphatic carbocycles. The number of hydrogen-bond donors (Lipinski definition) is 1. The van der Waals surface area contributed by atoms with Gasteiger partial charge < -0.3 is 5.32 Å². The van der Waals surface area contributed by atoms with Crippen LogP contribution in [0.25, 0.3) is 0 Å². The zero-order chi connectivity index (χ0) is 14.0. The molecular weight excluding hydrogens is 338 g/mol. The quantitative estimate of drug-likeness (QED) is 0.636. The molecule has 0 spiro atoms. The predicted octanol–water partition coefficient (Wildman–Crippen LogP) is 4.89. The zero-order valence-corrected chi connectivity index (χ0v) is 11.7. The molecule has 0 aliphatic rings. The maximum absolute atomic E-state index is 13.0. The van der Waals surface area contributed by atoms with E-state index >= 15 is 0 Å². The summed E-state index contributed by atoms with van der Waals surface area (Å²) < 4.78 is 13.5. The summed E-state index contributed by atoms with van der Waals surface area (Å²) in [7, 11) is 0. The highest BCUT2D eigenvalue weighted by atomic mass is 79.9. The van der Waals surface area contributed by atoms with Crippen LogP contribution < -0.4 is 5.32 Å². The van der Waals surface area contributed by atoms with Crippen LogP contribution in [-0.4, -0.2) is 4.92 Å². The minimum atomic E-state index is -0.505. The van der Waals surface area contributed by atoms with E-state index in [-0.39, 0.29) is 10.7 Å². The van der Waals surface area contributed by atoms with Crippen LogP contribution in [0.4, 0.5) is 21.5 Å². The number of nitro groups is 1. The summed E-state index contributed by atoms with van der Waals surface area (Å²) in [4.78, 5) is 10.1. The van der Waals surface area contributed by atoms with Gasteiger partial charge in [0.15, 0.2) is 0 Å². The molecule has 0 unspecified atom stereocenters. The fourth-order valence-electron chi connectivity index (χ4n) is 1.45. The van der Waals surface area contributed by atoms with Crippen LogP contribution in [0.15, 0.2) is 40.9 Å². The van der Waals surface area contributed by atoms with Gasteiger partial charge in [0.25, 0.3) is 5.69 Å². The molecule has 0 radical (unpaired) electrons. The fourth-order valence-corrected chi connectivity index (χ4v) is 2.09. The molecule has 2 aromatic carbocycles. The highest BCUT2D eigenvalue weighted by Gasteiger charge is 2.09. The van der Waals surface area contributed by atoms with Crippen LogP contribution in [0.1, 0.15) is 0 Å². The van der Waals surface area contributed by atoms with Crippen LogP contribution in [0.2, 0.25) is 5.02 Å². The topological polar surface area (TPSA) is 55.2 Å². The van der Waals surface area contributed by atoms with Gasteiger partial charge in [0.05, 0.1) is 15.6 Å². The Morgan fingerprint density at radius 2 is 2.00 bits per heavy atom. The summed E-state index contributed by atoms with van der Waals surface area (Å²) in [5.41, 5.74) is 1.18. The largest absolute Gasteiger partial charge is 0.355 e. The average molecular weight is 346 g/mol. The van der Waals surface area contributed by atoms with Gasteiger partial charge in [-0.3, -0.25) is 10.1 Å². The van der Waals surface area contributed by atoms with Crippen molar-refractivity contribution in [3.63, 3.8) is 0 Å². The van der Waals surface area contributed by atoms with Crippen molar-refractivity contribution >= 4 is 44.6 Å². The predicted molar refractivity (Wildman–Crippen MR) is 75.5 cm³/mol. The number of anilines is 2. The van der Waals surface area contributed by atoms with Crippen molar-refractivity contribution in [2.75, 3.05) is 5.32 Å². The van der Waals surface area contributed by atoms with E-state index in [1.807, 2.05) is 0 Å². The van der Waals surface area contributed by atoms with Crippen molar-refractivity contribution in [1.29, 1.82) is 0 Å². The summed E-state index contributed by atoms with van der Waals surface area (Å²) in [6.45, 7) is 0. The molecule has 4 nitrogen and oxygen atoms in total. The van der Waals surface area contributed by atoms with Gasteiger partial charge in [-0.1, -0.05) is 11.6 Å². The normalized spacial score (nSPS) is 10.3. The number of rotatable bonds is 3. The molecule has 98 valence electrons. The zero-order valence-electron chi connectivity index (χ0n) is 9.36. The van der Waals surface area contributed by atoms with Crippen molar-refractivity contribution in [3.05, 3.63) is 61.8 Å². The number of hydrogen-bond acceptors (Lipinski definition) is 3. The molecule has 0 aromatic heterocycles. The first-order chi connectivity index (χ1) is 8.97. The highest BCUT2D eigenvalue weighted by molar-refractivity contribution is 9.10. The van der Waals surface area contributed by atoms with Crippen molar-refractivity contribution in [1.82, 2.24) is 0 Å². The molecule has 2 rings (SSSR count). The fraction of sp³-hybridized carbons (Fsp3) is 0. The first-order valence-electron chi connectivity index (χ1n) is 5.13. The third kappa shape index (κ3) is 3.21. The Hall–Kier alpha value is -1.66. The van der Waals surface area contributed by atoms with Crippen molar-refractivity contribution < 1.29 is 9.31 Å². The number of non-ortho nitro benzene ring substituents is 1. The second kappa shape index (κ2) is 5.54. The molecule has 7 heteroatoms. The van der Waals surface area contributed by atoms with Gasteiger partial charge in [0, 0.05) is 22.3 Å². The third-order valence-electron chi connectivity index (χ3n) is 2.36. The lowest BCUT2D eigenvalue weighted by Crippen LogP contribution is -1.94. The first kappa shape index (κ1) is 13.8. The molecular formula is C12H7BrClFN2O2. The van der Waals surface area contributed by atoms with Crippen LogP contribution in [-0.2, 0) is 0 Å². The molecule has 19 heavy (non-hydrogen) atoms. The van der Waals surface area contributed by atoms with Gasteiger partial charge in [-0.2, -0.15) is 0 Å². The molecule has 0 fully saturated rings. The summed E-state index contributed by atoms with van der Waals surface area (Å²) in [5, 5.41) is 13.6. The Morgan fingerprint density at radius 1 is 1.26 bits per heavy atom. The average Bonchev–Trinajstić information content (AvgIpc) is 2.36. The Bertz CT molecular complexity index is 652. The van der Waals surface area contributed by atoms with E-state index in [9.17, 15) is 14.5 Å². The summed E-state index contributed by atoms with van der Waals surface area (Å²) in [6, 6.07) is 8.51. The lowest BCUT2D eigenvalue weighted by molar-refractivity contribution is -0.384. The van der Waals surface area contributed by atoms with Crippen LogP contribution in [0.5, 0.6) is 0 Å². The number of nitro benzene ring substituents is 1. The SMILES string of the molecule is O=[N+]([O-])c1ccc(Nc2ccc(F)c(Cl)c2)c(Br)c1. The maximum Gasteiger partial charge on any atom is 0.270 e. The smallest absolute Gasteiger partial charge is 0.270 e. The molecule has 1 N–H and O–H groups in total. The molecule has 0 atom stereocenters. The second-order valence-corrected chi connectivity index (χ2v) is 4.94. The minimum Gasteiger partial charge on any atom is -0.355 e. The minimum absolute atomic E-state index is 0.00281. The van der Waals surface area contributed by atoms with Gasteiger partial charge in [0.2, 0.25) is 0 Å². The summed E-state index contributed by atoms with van der Waals surface area (Å²) in [5.74, 6) is -0.505. The molecule has 2 aromatic rings. The molecule has 0 bridgehead atoms. The third-order valence-corrected chi connectivity index (χ3v) is 3.31. The van der Waals surface area contributed by atoms with E-state index in [1.165, 1.54) is 30.3 Å². The van der Waals surface area contributed by atoms with Gasteiger partial charge in [-0.05, 0) is 40.2 Å². The number of nitrogens with zero attached hydrogens (tertiary/aromatic N) is 1. The Kier molecular flexibility index (Phi) is 4.01. The first-order valence-corrected chi connectivity index (χ1v) is 6.30. The van der Waals surface area contributed by atoms with Crippen molar-refractivity contribution in [2.24, 2.45) is 0 Å². The van der Waals surface area contributed by atoms with E-state index in [0.717, 1.165) is 0 Å². The molecule has 0 saturated carbocycles. The molecule has 0 amide bonds. The van der Waals surface area contributed by atoms with E-state index in [2.05, 4.69) is 21.2 Å². The molecule has 0 saturated heterocycles. The summed E-state index contributed by atoms with van der Waals surface area (Å²) in [6.07, 6.45) is 0. The van der Waals surface area contributed by atoms with E-state index in [4.69, 9.17) is 11.6 Å². The highest BCUT2D eigenvalue weighted by Crippen LogP contribution is 2.30. The Balaban J connectivity index is 2.28. The van der Waals surface area contributed by atoms with Gasteiger partial charge >= 0.3 is 0 Å².